The van der Waals surface area contributed by atoms with Crippen LogP contribution in [-0.4, -0.2) is 10.9 Å². The lowest BCUT2D eigenvalue weighted by Gasteiger charge is -2.14. The fourth-order valence-corrected chi connectivity index (χ4v) is 1.03. The van der Waals surface area contributed by atoms with E-state index in [-0.39, 0.29) is 0 Å². The van der Waals surface area contributed by atoms with Crippen LogP contribution in [0.1, 0.15) is 47.0 Å². The highest BCUT2D eigenvalue weighted by Gasteiger charge is 2.12. The Bertz CT molecular complexity index is 202. The zero-order chi connectivity index (χ0) is 11.0. The van der Waals surface area contributed by atoms with Crippen LogP contribution in [0.3, 0.4) is 0 Å². The highest BCUT2D eigenvalue weighted by molar-refractivity contribution is 5.07. The maximum absolute atomic E-state index is 8.53. The van der Waals surface area contributed by atoms with Crippen molar-refractivity contribution in [3.63, 3.8) is 0 Å². The van der Waals surface area contributed by atoms with E-state index in [1.54, 1.807) is 0 Å². The molecule has 0 atom stereocenters. The molecule has 82 valence electrons. The molecule has 0 aliphatic heterocycles. The first kappa shape index (κ1) is 13.4. The SMILES string of the molecule is CCC/C=C(\C)C/C=C/C(C)(C)OO. The molecular weight excluding hydrogens is 176 g/mol. The Morgan fingerprint density at radius 3 is 2.57 bits per heavy atom. The summed E-state index contributed by atoms with van der Waals surface area (Å²) in [5.74, 6) is 0. The van der Waals surface area contributed by atoms with E-state index in [2.05, 4.69) is 24.8 Å². The summed E-state index contributed by atoms with van der Waals surface area (Å²) >= 11 is 0. The lowest BCUT2D eigenvalue weighted by Crippen LogP contribution is -2.18. The molecule has 0 saturated carbocycles. The Kier molecular flexibility index (Phi) is 6.50. The second-order valence-electron chi connectivity index (χ2n) is 4.14. The van der Waals surface area contributed by atoms with Gasteiger partial charge in [0.25, 0.3) is 0 Å². The van der Waals surface area contributed by atoms with E-state index < -0.39 is 5.60 Å². The van der Waals surface area contributed by atoms with Crippen molar-refractivity contribution in [1.29, 1.82) is 0 Å². The maximum atomic E-state index is 8.53. The minimum absolute atomic E-state index is 0.578. The molecule has 0 spiro atoms. The smallest absolute Gasteiger partial charge is 0.116 e. The van der Waals surface area contributed by atoms with E-state index in [0.29, 0.717) is 0 Å². The first-order valence-corrected chi connectivity index (χ1v) is 5.17. The first-order valence-electron chi connectivity index (χ1n) is 5.17. The van der Waals surface area contributed by atoms with Gasteiger partial charge in [0.15, 0.2) is 0 Å². The molecule has 0 saturated heterocycles. The zero-order valence-corrected chi connectivity index (χ0v) is 9.71. The molecule has 0 aromatic heterocycles. The molecule has 0 aliphatic rings. The van der Waals surface area contributed by atoms with E-state index in [1.165, 1.54) is 12.0 Å². The Hall–Kier alpha value is -0.600. The van der Waals surface area contributed by atoms with E-state index in [9.17, 15) is 0 Å². The summed E-state index contributed by atoms with van der Waals surface area (Å²) in [5, 5.41) is 8.53. The maximum Gasteiger partial charge on any atom is 0.116 e. The van der Waals surface area contributed by atoms with Crippen molar-refractivity contribution >= 4 is 0 Å². The van der Waals surface area contributed by atoms with Crippen molar-refractivity contribution in [1.82, 2.24) is 0 Å². The Morgan fingerprint density at radius 1 is 1.43 bits per heavy atom. The van der Waals surface area contributed by atoms with Gasteiger partial charge in [-0.1, -0.05) is 37.1 Å². The number of rotatable bonds is 6. The van der Waals surface area contributed by atoms with Gasteiger partial charge in [0.2, 0.25) is 0 Å². The summed E-state index contributed by atoms with van der Waals surface area (Å²) in [6.45, 7) is 7.91. The monoisotopic (exact) mass is 198 g/mol. The number of allylic oxidation sites excluding steroid dienone is 3. The van der Waals surface area contributed by atoms with Crippen molar-refractivity contribution in [3.05, 3.63) is 23.8 Å². The number of hydrogen-bond acceptors (Lipinski definition) is 2. The molecule has 0 rings (SSSR count). The van der Waals surface area contributed by atoms with Crippen LogP contribution in [0.2, 0.25) is 0 Å². The molecule has 1 N–H and O–H groups in total. The average Bonchev–Trinajstić information content (AvgIpc) is 2.14. The number of hydrogen-bond donors (Lipinski definition) is 1. The summed E-state index contributed by atoms with van der Waals surface area (Å²) in [5.41, 5.74) is 0.780. The molecule has 0 radical (unpaired) electrons. The summed E-state index contributed by atoms with van der Waals surface area (Å²) in [4.78, 5) is 4.29. The second kappa shape index (κ2) is 6.80. The molecule has 0 fully saturated rings. The second-order valence-corrected chi connectivity index (χ2v) is 4.14. The minimum Gasteiger partial charge on any atom is -0.251 e. The molecule has 0 aliphatic carbocycles. The van der Waals surface area contributed by atoms with Crippen LogP contribution in [0.4, 0.5) is 0 Å². The molecule has 0 aromatic carbocycles. The highest BCUT2D eigenvalue weighted by Crippen LogP contribution is 2.11. The van der Waals surface area contributed by atoms with Crippen LogP contribution in [0.25, 0.3) is 0 Å². The fourth-order valence-electron chi connectivity index (χ4n) is 1.03. The normalized spacial score (nSPS) is 13.9. The quantitative estimate of drug-likeness (QED) is 0.398. The molecular formula is C12H22O2. The van der Waals surface area contributed by atoms with Crippen LogP contribution in [-0.2, 0) is 4.89 Å². The average molecular weight is 198 g/mol. The van der Waals surface area contributed by atoms with Gasteiger partial charge in [0.05, 0.1) is 0 Å². The zero-order valence-electron chi connectivity index (χ0n) is 9.71. The molecule has 2 heteroatoms. The van der Waals surface area contributed by atoms with E-state index in [4.69, 9.17) is 5.26 Å². The van der Waals surface area contributed by atoms with Crippen molar-refractivity contribution in [3.8, 4) is 0 Å². The van der Waals surface area contributed by atoms with Crippen LogP contribution in [0, 0.1) is 0 Å². The van der Waals surface area contributed by atoms with Crippen LogP contribution < -0.4 is 0 Å². The lowest BCUT2D eigenvalue weighted by atomic mass is 10.1. The Labute approximate surface area is 87.2 Å². The fraction of sp³-hybridized carbons (Fsp3) is 0.667. The van der Waals surface area contributed by atoms with E-state index in [0.717, 1.165) is 12.8 Å². The summed E-state index contributed by atoms with van der Waals surface area (Å²) < 4.78 is 0. The first-order chi connectivity index (χ1) is 6.52. The van der Waals surface area contributed by atoms with Gasteiger partial charge in [-0.2, -0.15) is 0 Å². The van der Waals surface area contributed by atoms with Crippen molar-refractivity contribution in [2.75, 3.05) is 0 Å². The Balaban J connectivity index is 3.93. The van der Waals surface area contributed by atoms with Crippen LogP contribution in [0.5, 0.6) is 0 Å². The topological polar surface area (TPSA) is 29.5 Å². The van der Waals surface area contributed by atoms with E-state index >= 15 is 0 Å². The highest BCUT2D eigenvalue weighted by atomic mass is 17.1. The standard InChI is InChI=1S/C12H22O2/c1-5-6-8-11(2)9-7-10-12(3,4)14-13/h7-8,10,13H,5-6,9H2,1-4H3/b10-7+,11-8+. The summed E-state index contributed by atoms with van der Waals surface area (Å²) in [6.07, 6.45) is 9.39. The van der Waals surface area contributed by atoms with E-state index in [1.807, 2.05) is 26.0 Å². The van der Waals surface area contributed by atoms with Gasteiger partial charge in [0, 0.05) is 0 Å². The van der Waals surface area contributed by atoms with Gasteiger partial charge in [0.1, 0.15) is 5.60 Å². The van der Waals surface area contributed by atoms with Crippen LogP contribution in [0.15, 0.2) is 23.8 Å². The molecule has 14 heavy (non-hydrogen) atoms. The molecule has 0 heterocycles. The largest absolute Gasteiger partial charge is 0.251 e. The Morgan fingerprint density at radius 2 is 2.07 bits per heavy atom. The third-order valence-electron chi connectivity index (χ3n) is 1.98. The van der Waals surface area contributed by atoms with Gasteiger partial charge in [-0.05, 0) is 33.6 Å². The van der Waals surface area contributed by atoms with Gasteiger partial charge >= 0.3 is 0 Å². The van der Waals surface area contributed by atoms with Crippen LogP contribution >= 0.6 is 0 Å². The van der Waals surface area contributed by atoms with Gasteiger partial charge < -0.3 is 0 Å². The molecule has 0 unspecified atom stereocenters. The van der Waals surface area contributed by atoms with Crippen molar-refractivity contribution in [2.45, 2.75) is 52.6 Å². The minimum atomic E-state index is -0.578. The number of unbranched alkanes of at least 4 members (excludes halogenated alkanes) is 1. The molecule has 0 aromatic rings. The van der Waals surface area contributed by atoms with Gasteiger partial charge in [-0.3, -0.25) is 5.26 Å². The van der Waals surface area contributed by atoms with Crippen molar-refractivity contribution < 1.29 is 10.1 Å². The summed E-state index contributed by atoms with van der Waals surface area (Å²) in [7, 11) is 0. The molecule has 2 nitrogen and oxygen atoms in total. The van der Waals surface area contributed by atoms with Crippen molar-refractivity contribution in [2.24, 2.45) is 0 Å². The van der Waals surface area contributed by atoms with Gasteiger partial charge in [-0.25, -0.2) is 4.89 Å². The third-order valence-corrected chi connectivity index (χ3v) is 1.98. The molecule has 0 bridgehead atoms. The molecule has 0 amide bonds. The lowest BCUT2D eigenvalue weighted by molar-refractivity contribution is -0.297. The van der Waals surface area contributed by atoms with Gasteiger partial charge in [-0.15, -0.1) is 0 Å². The predicted molar refractivity (Wildman–Crippen MR) is 60.2 cm³/mol. The summed E-state index contributed by atoms with van der Waals surface area (Å²) in [6, 6.07) is 0. The third kappa shape index (κ3) is 6.87. The predicted octanol–water partition coefficient (Wildman–Crippen LogP) is 3.95.